The summed E-state index contributed by atoms with van der Waals surface area (Å²) in [6.45, 7) is 10.0. The van der Waals surface area contributed by atoms with Crippen molar-refractivity contribution in [3.05, 3.63) is 65.2 Å². The third-order valence-electron chi connectivity index (χ3n) is 3.82. The van der Waals surface area contributed by atoms with Crippen LogP contribution in [-0.2, 0) is 0 Å². The first-order valence-electron chi connectivity index (χ1n) is 7.85. The van der Waals surface area contributed by atoms with Crippen LogP contribution in [0.3, 0.4) is 0 Å². The number of ether oxygens (including phenoxy) is 1. The molecule has 2 rings (SSSR count). The normalized spacial score (nSPS) is 10.2. The lowest BCUT2D eigenvalue weighted by Gasteiger charge is -2.12. The SMILES string of the molecule is C=C(C)c1cc(Oc2ccc(C(C)=O)c(C(C)=O)c2)ccc1C(C)=O. The molecular weight excluding hydrogens is 316 g/mol. The number of allylic oxidation sites excluding steroid dienone is 1. The first kappa shape index (κ1) is 18.3. The van der Waals surface area contributed by atoms with E-state index in [4.69, 9.17) is 4.74 Å². The number of Topliss-reactive ketones (excluding diaryl/α,β-unsaturated/α-hetero) is 3. The predicted octanol–water partition coefficient (Wildman–Crippen LogP) is 5.12. The summed E-state index contributed by atoms with van der Waals surface area (Å²) >= 11 is 0. The molecule has 0 atom stereocenters. The van der Waals surface area contributed by atoms with Gasteiger partial charge in [0, 0.05) is 16.7 Å². The molecule has 0 heterocycles. The van der Waals surface area contributed by atoms with Gasteiger partial charge in [-0.3, -0.25) is 14.4 Å². The molecule has 0 saturated heterocycles. The fourth-order valence-electron chi connectivity index (χ4n) is 2.57. The van der Waals surface area contributed by atoms with Gasteiger partial charge in [-0.05, 0) is 69.7 Å². The van der Waals surface area contributed by atoms with Gasteiger partial charge in [0.1, 0.15) is 11.5 Å². The van der Waals surface area contributed by atoms with Gasteiger partial charge in [-0.25, -0.2) is 0 Å². The second kappa shape index (κ2) is 7.26. The molecule has 2 aromatic rings. The van der Waals surface area contributed by atoms with Crippen molar-refractivity contribution >= 4 is 22.9 Å². The minimum absolute atomic E-state index is 0.0470. The van der Waals surface area contributed by atoms with Gasteiger partial charge >= 0.3 is 0 Å². The van der Waals surface area contributed by atoms with Gasteiger partial charge in [-0.15, -0.1) is 0 Å². The highest BCUT2D eigenvalue weighted by Crippen LogP contribution is 2.29. The van der Waals surface area contributed by atoms with Gasteiger partial charge < -0.3 is 4.74 Å². The van der Waals surface area contributed by atoms with E-state index in [-0.39, 0.29) is 17.3 Å². The molecule has 2 aromatic carbocycles. The van der Waals surface area contributed by atoms with Gasteiger partial charge in [0.2, 0.25) is 0 Å². The Morgan fingerprint density at radius 3 is 1.48 bits per heavy atom. The van der Waals surface area contributed by atoms with Crippen molar-refractivity contribution in [1.29, 1.82) is 0 Å². The average Bonchev–Trinajstić information content (AvgIpc) is 2.54. The zero-order valence-corrected chi connectivity index (χ0v) is 14.8. The van der Waals surface area contributed by atoms with Crippen LogP contribution in [0.5, 0.6) is 11.5 Å². The van der Waals surface area contributed by atoms with Crippen molar-refractivity contribution in [3.8, 4) is 11.5 Å². The molecule has 0 unspecified atom stereocenters. The molecule has 0 aliphatic carbocycles. The van der Waals surface area contributed by atoms with Gasteiger partial charge in [0.15, 0.2) is 17.3 Å². The Morgan fingerprint density at radius 2 is 1.08 bits per heavy atom. The highest BCUT2D eigenvalue weighted by Gasteiger charge is 2.14. The molecule has 0 aliphatic heterocycles. The van der Waals surface area contributed by atoms with Crippen molar-refractivity contribution in [2.45, 2.75) is 27.7 Å². The molecule has 128 valence electrons. The number of rotatable bonds is 6. The summed E-state index contributed by atoms with van der Waals surface area (Å²) < 4.78 is 5.81. The van der Waals surface area contributed by atoms with E-state index in [9.17, 15) is 14.4 Å². The Morgan fingerprint density at radius 1 is 0.680 bits per heavy atom. The molecule has 0 bridgehead atoms. The standard InChI is InChI=1S/C21H20O4/c1-12(2)20-10-16(6-8-18(20)13(3)22)25-17-7-9-19(14(4)23)21(11-17)15(5)24/h6-11H,1H2,2-5H3. The van der Waals surface area contributed by atoms with Gasteiger partial charge in [-0.2, -0.15) is 0 Å². The van der Waals surface area contributed by atoms with Crippen LogP contribution < -0.4 is 4.74 Å². The highest BCUT2D eigenvalue weighted by molar-refractivity contribution is 6.07. The molecule has 0 aliphatic rings. The maximum atomic E-state index is 11.8. The smallest absolute Gasteiger partial charge is 0.160 e. The number of benzene rings is 2. The summed E-state index contributed by atoms with van der Waals surface area (Å²) in [5.41, 5.74) is 2.75. The lowest BCUT2D eigenvalue weighted by molar-refractivity contribution is 0.0980. The molecule has 0 saturated carbocycles. The van der Waals surface area contributed by atoms with E-state index < -0.39 is 0 Å². The maximum absolute atomic E-state index is 11.8. The summed E-state index contributed by atoms with van der Waals surface area (Å²) in [6, 6.07) is 9.90. The molecule has 0 N–H and O–H groups in total. The summed E-state index contributed by atoms with van der Waals surface area (Å²) in [4.78, 5) is 35.1. The lowest BCUT2D eigenvalue weighted by atomic mass is 9.99. The summed E-state index contributed by atoms with van der Waals surface area (Å²) in [7, 11) is 0. The molecule has 0 aromatic heterocycles. The maximum Gasteiger partial charge on any atom is 0.160 e. The second-order valence-electron chi connectivity index (χ2n) is 5.97. The minimum Gasteiger partial charge on any atom is -0.457 e. The van der Waals surface area contributed by atoms with Crippen LogP contribution in [0.2, 0.25) is 0 Å². The molecule has 4 nitrogen and oxygen atoms in total. The highest BCUT2D eigenvalue weighted by atomic mass is 16.5. The van der Waals surface area contributed by atoms with Crippen LogP contribution in [0.15, 0.2) is 43.0 Å². The van der Waals surface area contributed by atoms with Crippen molar-refractivity contribution < 1.29 is 19.1 Å². The molecule has 4 heteroatoms. The van der Waals surface area contributed by atoms with E-state index in [1.807, 2.05) is 6.92 Å². The summed E-state index contributed by atoms with van der Waals surface area (Å²) in [5.74, 6) is 0.540. The van der Waals surface area contributed by atoms with Crippen molar-refractivity contribution in [2.24, 2.45) is 0 Å². The number of hydrogen-bond donors (Lipinski definition) is 0. The molecule has 0 amide bonds. The monoisotopic (exact) mass is 336 g/mol. The van der Waals surface area contributed by atoms with Crippen LogP contribution in [0, 0.1) is 0 Å². The zero-order valence-electron chi connectivity index (χ0n) is 14.8. The minimum atomic E-state index is -0.204. The third-order valence-corrected chi connectivity index (χ3v) is 3.82. The Bertz CT molecular complexity index is 817. The van der Waals surface area contributed by atoms with Crippen LogP contribution in [0.25, 0.3) is 5.57 Å². The Kier molecular flexibility index (Phi) is 5.32. The van der Waals surface area contributed by atoms with E-state index in [2.05, 4.69) is 6.58 Å². The fraction of sp³-hybridized carbons (Fsp3) is 0.190. The van der Waals surface area contributed by atoms with E-state index in [0.717, 1.165) is 11.1 Å². The second-order valence-corrected chi connectivity index (χ2v) is 5.97. The first-order valence-corrected chi connectivity index (χ1v) is 7.85. The number of carbonyl (C=O) groups excluding carboxylic acids is 3. The quantitative estimate of drug-likeness (QED) is 0.687. The molecule has 0 fully saturated rings. The van der Waals surface area contributed by atoms with E-state index in [1.54, 1.807) is 36.4 Å². The fourth-order valence-corrected chi connectivity index (χ4v) is 2.57. The van der Waals surface area contributed by atoms with Crippen molar-refractivity contribution in [1.82, 2.24) is 0 Å². The van der Waals surface area contributed by atoms with Crippen LogP contribution in [-0.4, -0.2) is 17.3 Å². The van der Waals surface area contributed by atoms with Crippen molar-refractivity contribution in [3.63, 3.8) is 0 Å². The van der Waals surface area contributed by atoms with Gasteiger partial charge in [-0.1, -0.05) is 12.2 Å². The molecule has 0 spiro atoms. The third kappa shape index (κ3) is 4.10. The topological polar surface area (TPSA) is 60.4 Å². The Labute approximate surface area is 147 Å². The van der Waals surface area contributed by atoms with E-state index in [0.29, 0.717) is 28.2 Å². The molecular formula is C21H20O4. The first-order chi connectivity index (χ1) is 11.7. The summed E-state index contributed by atoms with van der Waals surface area (Å²) in [6.07, 6.45) is 0. The average molecular weight is 336 g/mol. The predicted molar refractivity (Wildman–Crippen MR) is 97.7 cm³/mol. The van der Waals surface area contributed by atoms with E-state index in [1.165, 1.54) is 20.8 Å². The largest absolute Gasteiger partial charge is 0.457 e. The van der Waals surface area contributed by atoms with Crippen LogP contribution >= 0.6 is 0 Å². The zero-order chi connectivity index (χ0) is 18.7. The van der Waals surface area contributed by atoms with Gasteiger partial charge in [0.05, 0.1) is 0 Å². The molecule has 25 heavy (non-hydrogen) atoms. The number of hydrogen-bond acceptors (Lipinski definition) is 4. The molecule has 0 radical (unpaired) electrons. The van der Waals surface area contributed by atoms with Crippen LogP contribution in [0.4, 0.5) is 0 Å². The summed E-state index contributed by atoms with van der Waals surface area (Å²) in [5, 5.41) is 0. The number of ketones is 3. The van der Waals surface area contributed by atoms with Crippen molar-refractivity contribution in [2.75, 3.05) is 0 Å². The Balaban J connectivity index is 2.43. The van der Waals surface area contributed by atoms with Crippen LogP contribution in [0.1, 0.15) is 64.3 Å². The Hall–Kier alpha value is -3.01. The number of carbonyl (C=O) groups is 3. The lowest BCUT2D eigenvalue weighted by Crippen LogP contribution is -2.04. The van der Waals surface area contributed by atoms with E-state index >= 15 is 0 Å². The van der Waals surface area contributed by atoms with Gasteiger partial charge in [0.25, 0.3) is 0 Å².